The van der Waals surface area contributed by atoms with Gasteiger partial charge in [-0.15, -0.1) is 0 Å². The Morgan fingerprint density at radius 2 is 1.86 bits per heavy atom. The van der Waals surface area contributed by atoms with Gasteiger partial charge in [0.25, 0.3) is 0 Å². The van der Waals surface area contributed by atoms with Crippen LogP contribution in [-0.4, -0.2) is 24.5 Å². The number of nitrogens with zero attached hydrogens (tertiary/aromatic N) is 1. The van der Waals surface area contributed by atoms with Crippen molar-refractivity contribution in [2.24, 2.45) is 11.8 Å². The van der Waals surface area contributed by atoms with Crippen LogP contribution in [0.25, 0.3) is 0 Å². The average Bonchev–Trinajstić information content (AvgIpc) is 2.46. The summed E-state index contributed by atoms with van der Waals surface area (Å²) in [7, 11) is 0. The van der Waals surface area contributed by atoms with E-state index in [9.17, 15) is 0 Å². The standard InChI is InChI=1S/C21H35N/c1-6-18(16-22-13-7-8-17(2)15-22)14-19-9-11-20(12-10-19)21(3,4)5/h9-12,17-18H,6-8,13-16H2,1-5H3. The zero-order chi connectivity index (χ0) is 16.2. The second kappa shape index (κ2) is 7.64. The van der Waals surface area contributed by atoms with Crippen LogP contribution >= 0.6 is 0 Å². The molecule has 0 spiro atoms. The highest BCUT2D eigenvalue weighted by Crippen LogP contribution is 2.24. The van der Waals surface area contributed by atoms with E-state index >= 15 is 0 Å². The molecule has 1 aromatic rings. The maximum Gasteiger partial charge on any atom is 0.00128 e. The Hall–Kier alpha value is -0.820. The minimum atomic E-state index is 0.257. The molecule has 0 saturated carbocycles. The van der Waals surface area contributed by atoms with E-state index in [4.69, 9.17) is 0 Å². The maximum atomic E-state index is 2.70. The third kappa shape index (κ3) is 5.12. The minimum absolute atomic E-state index is 0.257. The number of hydrogen-bond donors (Lipinski definition) is 0. The summed E-state index contributed by atoms with van der Waals surface area (Å²) in [5.74, 6) is 1.68. The quantitative estimate of drug-likeness (QED) is 0.714. The molecule has 2 atom stereocenters. The monoisotopic (exact) mass is 301 g/mol. The molecule has 1 saturated heterocycles. The molecule has 0 aliphatic carbocycles. The third-order valence-electron chi connectivity index (χ3n) is 5.18. The highest BCUT2D eigenvalue weighted by molar-refractivity contribution is 5.27. The minimum Gasteiger partial charge on any atom is -0.303 e. The van der Waals surface area contributed by atoms with E-state index in [-0.39, 0.29) is 5.41 Å². The highest BCUT2D eigenvalue weighted by atomic mass is 15.1. The first-order valence-electron chi connectivity index (χ1n) is 9.20. The first-order valence-corrected chi connectivity index (χ1v) is 9.20. The summed E-state index contributed by atoms with van der Waals surface area (Å²) in [4.78, 5) is 2.70. The van der Waals surface area contributed by atoms with Crippen molar-refractivity contribution in [3.05, 3.63) is 35.4 Å². The molecule has 1 aliphatic heterocycles. The largest absolute Gasteiger partial charge is 0.303 e. The molecule has 1 heterocycles. The smallest absolute Gasteiger partial charge is 0.00128 e. The van der Waals surface area contributed by atoms with E-state index in [0.717, 1.165) is 11.8 Å². The van der Waals surface area contributed by atoms with E-state index in [1.165, 1.54) is 56.4 Å². The molecule has 1 aliphatic rings. The Balaban J connectivity index is 1.92. The van der Waals surface area contributed by atoms with Gasteiger partial charge in [-0.2, -0.15) is 0 Å². The number of rotatable bonds is 5. The van der Waals surface area contributed by atoms with Crippen LogP contribution in [0.15, 0.2) is 24.3 Å². The van der Waals surface area contributed by atoms with E-state index < -0.39 is 0 Å². The van der Waals surface area contributed by atoms with Crippen LogP contribution in [0.5, 0.6) is 0 Å². The van der Waals surface area contributed by atoms with Crippen LogP contribution < -0.4 is 0 Å². The van der Waals surface area contributed by atoms with Crippen molar-refractivity contribution >= 4 is 0 Å². The van der Waals surface area contributed by atoms with E-state index in [1.807, 2.05) is 0 Å². The first kappa shape index (κ1) is 17.5. The summed E-state index contributed by atoms with van der Waals surface area (Å²) in [6.45, 7) is 15.5. The normalized spacial score (nSPS) is 21.8. The lowest BCUT2D eigenvalue weighted by atomic mass is 9.86. The Morgan fingerprint density at radius 1 is 1.18 bits per heavy atom. The van der Waals surface area contributed by atoms with Gasteiger partial charge in [-0.05, 0) is 54.2 Å². The second-order valence-corrected chi connectivity index (χ2v) is 8.43. The predicted molar refractivity (Wildman–Crippen MR) is 97.5 cm³/mol. The van der Waals surface area contributed by atoms with Gasteiger partial charge in [-0.3, -0.25) is 0 Å². The summed E-state index contributed by atoms with van der Waals surface area (Å²) < 4.78 is 0. The van der Waals surface area contributed by atoms with Crippen LogP contribution in [0.2, 0.25) is 0 Å². The van der Waals surface area contributed by atoms with Crippen LogP contribution in [-0.2, 0) is 11.8 Å². The zero-order valence-electron chi connectivity index (χ0n) is 15.4. The summed E-state index contributed by atoms with van der Waals surface area (Å²) >= 11 is 0. The number of benzene rings is 1. The van der Waals surface area contributed by atoms with Gasteiger partial charge in [0.1, 0.15) is 0 Å². The molecule has 1 nitrogen and oxygen atoms in total. The Bertz CT molecular complexity index is 440. The summed E-state index contributed by atoms with van der Waals surface area (Å²) in [6.07, 6.45) is 5.32. The Kier molecular flexibility index (Phi) is 6.09. The van der Waals surface area contributed by atoms with Crippen molar-refractivity contribution in [2.45, 2.75) is 65.7 Å². The van der Waals surface area contributed by atoms with Crippen LogP contribution in [0.3, 0.4) is 0 Å². The number of likely N-dealkylation sites (tertiary alicyclic amines) is 1. The average molecular weight is 302 g/mol. The third-order valence-corrected chi connectivity index (χ3v) is 5.18. The lowest BCUT2D eigenvalue weighted by Crippen LogP contribution is -2.38. The molecule has 2 unspecified atom stereocenters. The van der Waals surface area contributed by atoms with Crippen molar-refractivity contribution in [3.8, 4) is 0 Å². The van der Waals surface area contributed by atoms with Crippen molar-refractivity contribution in [2.75, 3.05) is 19.6 Å². The molecule has 1 heteroatoms. The molecule has 2 rings (SSSR count). The fraction of sp³-hybridized carbons (Fsp3) is 0.714. The molecule has 0 amide bonds. The summed E-state index contributed by atoms with van der Waals surface area (Å²) in [5.41, 5.74) is 3.20. The number of hydrogen-bond acceptors (Lipinski definition) is 1. The van der Waals surface area contributed by atoms with Crippen LogP contribution in [0.4, 0.5) is 0 Å². The molecular weight excluding hydrogens is 266 g/mol. The lowest BCUT2D eigenvalue weighted by molar-refractivity contribution is 0.157. The predicted octanol–water partition coefficient (Wildman–Crippen LogP) is 5.28. The van der Waals surface area contributed by atoms with Crippen LogP contribution in [0, 0.1) is 11.8 Å². The van der Waals surface area contributed by atoms with E-state index in [0.29, 0.717) is 0 Å². The van der Waals surface area contributed by atoms with Gasteiger partial charge in [-0.25, -0.2) is 0 Å². The van der Waals surface area contributed by atoms with Gasteiger partial charge in [0, 0.05) is 13.1 Å². The zero-order valence-corrected chi connectivity index (χ0v) is 15.4. The lowest BCUT2D eigenvalue weighted by Gasteiger charge is -2.33. The first-order chi connectivity index (χ1) is 10.4. The van der Waals surface area contributed by atoms with E-state index in [1.54, 1.807) is 0 Å². The van der Waals surface area contributed by atoms with Gasteiger partial charge in [0.05, 0.1) is 0 Å². The van der Waals surface area contributed by atoms with Gasteiger partial charge < -0.3 is 4.90 Å². The molecule has 0 N–H and O–H groups in total. The Morgan fingerprint density at radius 3 is 2.41 bits per heavy atom. The van der Waals surface area contributed by atoms with Gasteiger partial charge >= 0.3 is 0 Å². The molecule has 0 radical (unpaired) electrons. The molecule has 1 fully saturated rings. The molecule has 22 heavy (non-hydrogen) atoms. The molecular formula is C21H35N. The fourth-order valence-electron chi connectivity index (χ4n) is 3.63. The van der Waals surface area contributed by atoms with Crippen molar-refractivity contribution in [1.29, 1.82) is 0 Å². The van der Waals surface area contributed by atoms with Gasteiger partial charge in [0.2, 0.25) is 0 Å². The van der Waals surface area contributed by atoms with Crippen molar-refractivity contribution in [3.63, 3.8) is 0 Å². The molecule has 0 aromatic heterocycles. The fourth-order valence-corrected chi connectivity index (χ4v) is 3.63. The Labute approximate surface area is 138 Å². The van der Waals surface area contributed by atoms with E-state index in [2.05, 4.69) is 63.8 Å². The SMILES string of the molecule is CCC(Cc1ccc(C(C)(C)C)cc1)CN1CCCC(C)C1. The summed E-state index contributed by atoms with van der Waals surface area (Å²) in [6, 6.07) is 9.35. The highest BCUT2D eigenvalue weighted by Gasteiger charge is 2.19. The van der Waals surface area contributed by atoms with Gasteiger partial charge in [-0.1, -0.05) is 65.3 Å². The number of piperidine rings is 1. The molecule has 124 valence electrons. The summed E-state index contributed by atoms with van der Waals surface area (Å²) in [5, 5.41) is 0. The van der Waals surface area contributed by atoms with Crippen molar-refractivity contribution < 1.29 is 0 Å². The van der Waals surface area contributed by atoms with Crippen LogP contribution in [0.1, 0.15) is 65.0 Å². The second-order valence-electron chi connectivity index (χ2n) is 8.43. The van der Waals surface area contributed by atoms with Crippen molar-refractivity contribution in [1.82, 2.24) is 4.90 Å². The maximum absolute atomic E-state index is 2.70. The van der Waals surface area contributed by atoms with Gasteiger partial charge in [0.15, 0.2) is 0 Å². The topological polar surface area (TPSA) is 3.24 Å². The molecule has 0 bridgehead atoms. The molecule has 1 aromatic carbocycles.